The molecule has 0 saturated carbocycles. The van der Waals surface area contributed by atoms with Crippen LogP contribution in [0.5, 0.6) is 0 Å². The van der Waals surface area contributed by atoms with Crippen molar-refractivity contribution in [3.8, 4) is 0 Å². The van der Waals surface area contributed by atoms with Crippen LogP contribution in [0.25, 0.3) is 0 Å². The summed E-state index contributed by atoms with van der Waals surface area (Å²) in [5, 5.41) is 0. The predicted molar refractivity (Wildman–Crippen MR) is 53.2 cm³/mol. The van der Waals surface area contributed by atoms with Crippen molar-refractivity contribution in [1.82, 2.24) is 0 Å². The number of rotatable bonds is 3. The Balaban J connectivity index is -0.000000150. The minimum absolute atomic E-state index is 0. The van der Waals surface area contributed by atoms with Gasteiger partial charge in [0.2, 0.25) is 0 Å². The van der Waals surface area contributed by atoms with E-state index in [1.165, 1.54) is 0 Å². The Morgan fingerprint density at radius 1 is 1.23 bits per heavy atom. The molecule has 0 bridgehead atoms. The molecule has 77 valence electrons. The number of hydrogen-bond donors (Lipinski definition) is 0. The molecular weight excluding hydrogens is 239 g/mol. The normalized spacial score (nSPS) is 9.77. The summed E-state index contributed by atoms with van der Waals surface area (Å²) in [4.78, 5) is 9.84. The second-order valence-electron chi connectivity index (χ2n) is 3.92. The van der Waals surface area contributed by atoms with Gasteiger partial charge in [0.25, 0.3) is 0 Å². The summed E-state index contributed by atoms with van der Waals surface area (Å²) in [6.45, 7) is 4.00. The summed E-state index contributed by atoms with van der Waals surface area (Å²) in [6, 6.07) is 0. The van der Waals surface area contributed by atoms with Crippen LogP contribution in [-0.2, 0) is 37.5 Å². The van der Waals surface area contributed by atoms with E-state index >= 15 is 0 Å². The topological polar surface area (TPSA) is 17.1 Å². The van der Waals surface area contributed by atoms with E-state index in [1.807, 2.05) is 41.3 Å². The quantitative estimate of drug-likeness (QED) is 0.561. The summed E-state index contributed by atoms with van der Waals surface area (Å²) >= 11 is 0. The van der Waals surface area contributed by atoms with Gasteiger partial charge in [-0.25, -0.2) is 0 Å². The Labute approximate surface area is 109 Å². The minimum Gasteiger partial charge on any atom is -0.542 e. The van der Waals surface area contributed by atoms with E-state index in [0.29, 0.717) is 0 Å². The fourth-order valence-corrected chi connectivity index (χ4v) is 0.455. The first kappa shape index (κ1) is 19.3. The molecule has 0 amide bonds. The van der Waals surface area contributed by atoms with Crippen molar-refractivity contribution >= 4 is 6.29 Å². The number of quaternary nitrogens is 1. The van der Waals surface area contributed by atoms with Crippen LogP contribution >= 0.6 is 0 Å². The average molecular weight is 261 g/mol. The van der Waals surface area contributed by atoms with Crippen molar-refractivity contribution in [2.75, 3.05) is 21.1 Å². The van der Waals surface area contributed by atoms with Crippen molar-refractivity contribution in [3.05, 3.63) is 7.05 Å². The van der Waals surface area contributed by atoms with Gasteiger partial charge in [-0.1, -0.05) is 26.7 Å². The van der Waals surface area contributed by atoms with E-state index in [9.17, 15) is 4.79 Å². The maximum atomic E-state index is 9.84. The van der Waals surface area contributed by atoms with Gasteiger partial charge in [-0.15, -0.1) is 13.0 Å². The van der Waals surface area contributed by atoms with Gasteiger partial charge >= 0.3 is 0 Å². The van der Waals surface area contributed by atoms with Gasteiger partial charge < -0.3 is 9.28 Å². The van der Waals surface area contributed by atoms with Crippen LogP contribution in [-0.4, -0.2) is 31.9 Å². The summed E-state index contributed by atoms with van der Waals surface area (Å²) < 4.78 is 0.750. The Bertz CT molecular complexity index is 100.0. The van der Waals surface area contributed by atoms with Gasteiger partial charge in [-0.2, -0.15) is 0 Å². The largest absolute Gasteiger partial charge is 0.542 e. The molecule has 0 aliphatic heterocycles. The van der Waals surface area contributed by atoms with Crippen molar-refractivity contribution in [1.29, 1.82) is 0 Å². The molecule has 0 spiro atoms. The molecule has 0 fully saturated rings. The molecule has 0 aromatic carbocycles. The van der Waals surface area contributed by atoms with Crippen LogP contribution in [0.2, 0.25) is 0 Å². The van der Waals surface area contributed by atoms with E-state index in [2.05, 4.69) is 7.05 Å². The third kappa shape index (κ3) is 32.4. The standard InChI is InChI=1S/C6H11O.C4H11N.Y/c1-3-6(4-2)5-7;1-5(2,3)4;/h6H,3-4H2,1-2H3;1H2,2-4H3;/q-1;;. The first-order valence-corrected chi connectivity index (χ1v) is 4.38. The fraction of sp³-hybridized carbons (Fsp3) is 0.800. The maximum absolute atomic E-state index is 9.84. The Morgan fingerprint density at radius 3 is 1.46 bits per heavy atom. The van der Waals surface area contributed by atoms with E-state index in [4.69, 9.17) is 0 Å². The Kier molecular flexibility index (Phi) is 16.1. The zero-order valence-electron chi connectivity index (χ0n) is 9.63. The van der Waals surface area contributed by atoms with E-state index in [1.54, 1.807) is 0 Å². The van der Waals surface area contributed by atoms with Gasteiger partial charge in [-0.05, 0) is 0 Å². The molecular formula is C10H22NOY-. The maximum Gasteiger partial charge on any atom is 0.0434 e. The fourth-order valence-electron chi connectivity index (χ4n) is 0.455. The Hall–Kier alpha value is 0.734. The molecule has 3 heteroatoms. The molecule has 0 heterocycles. The molecule has 0 aliphatic rings. The van der Waals surface area contributed by atoms with Gasteiger partial charge in [0.05, 0.1) is 0 Å². The van der Waals surface area contributed by atoms with Gasteiger partial charge in [0, 0.05) is 53.9 Å². The van der Waals surface area contributed by atoms with Crippen LogP contribution in [0, 0.1) is 13.0 Å². The molecule has 13 heavy (non-hydrogen) atoms. The zero-order chi connectivity index (χ0) is 10.2. The Morgan fingerprint density at radius 2 is 1.46 bits per heavy atom. The van der Waals surface area contributed by atoms with Crippen molar-refractivity contribution in [3.63, 3.8) is 0 Å². The molecule has 0 aromatic rings. The van der Waals surface area contributed by atoms with Crippen molar-refractivity contribution in [2.45, 2.75) is 26.7 Å². The third-order valence-electron chi connectivity index (χ3n) is 1.15. The SMILES string of the molecule is CCC([C-]=O)CC.[CH2-][N+](C)(C)C.[Y]. The second-order valence-corrected chi connectivity index (χ2v) is 3.92. The van der Waals surface area contributed by atoms with Crippen LogP contribution in [0.1, 0.15) is 26.7 Å². The van der Waals surface area contributed by atoms with Crippen LogP contribution < -0.4 is 0 Å². The van der Waals surface area contributed by atoms with E-state index in [0.717, 1.165) is 17.3 Å². The summed E-state index contributed by atoms with van der Waals surface area (Å²) in [5.74, 6) is 0.181. The average Bonchev–Trinajstić information content (AvgIpc) is 1.88. The molecule has 0 saturated heterocycles. The van der Waals surface area contributed by atoms with Gasteiger partial charge in [-0.3, -0.25) is 6.29 Å². The van der Waals surface area contributed by atoms with Gasteiger partial charge in [0.1, 0.15) is 0 Å². The monoisotopic (exact) mass is 261 g/mol. The first-order valence-electron chi connectivity index (χ1n) is 4.38. The molecule has 0 aromatic heterocycles. The van der Waals surface area contributed by atoms with Crippen LogP contribution in [0.15, 0.2) is 0 Å². The van der Waals surface area contributed by atoms with Crippen molar-refractivity contribution in [2.24, 2.45) is 5.92 Å². The van der Waals surface area contributed by atoms with E-state index in [-0.39, 0.29) is 38.6 Å². The smallest absolute Gasteiger partial charge is 0.0434 e. The molecule has 0 N–H and O–H groups in total. The predicted octanol–water partition coefficient (Wildman–Crippen LogP) is 2.01. The minimum atomic E-state index is 0. The molecule has 2 nitrogen and oxygen atoms in total. The number of carbonyl (C=O) groups excluding carboxylic acids is 1. The van der Waals surface area contributed by atoms with Crippen molar-refractivity contribution < 1.29 is 42.0 Å². The summed E-state index contributed by atoms with van der Waals surface area (Å²) in [7, 11) is 9.75. The zero-order valence-corrected chi connectivity index (χ0v) is 12.5. The second kappa shape index (κ2) is 10.8. The van der Waals surface area contributed by atoms with Crippen LogP contribution in [0.4, 0.5) is 0 Å². The summed E-state index contributed by atoms with van der Waals surface area (Å²) in [6.07, 6.45) is 3.81. The first-order chi connectivity index (χ1) is 5.35. The van der Waals surface area contributed by atoms with E-state index < -0.39 is 0 Å². The van der Waals surface area contributed by atoms with Crippen LogP contribution in [0.3, 0.4) is 0 Å². The molecule has 0 unspecified atom stereocenters. The molecule has 0 aliphatic carbocycles. The summed E-state index contributed by atoms with van der Waals surface area (Å²) in [5.41, 5.74) is 0. The third-order valence-corrected chi connectivity index (χ3v) is 1.15. The molecule has 0 atom stereocenters. The molecule has 0 rings (SSSR count). The molecule has 1 radical (unpaired) electrons. The van der Waals surface area contributed by atoms with Gasteiger partial charge in [0.15, 0.2) is 0 Å². The number of nitrogens with zero attached hydrogens (tertiary/aromatic N) is 1. The number of hydrogen-bond acceptors (Lipinski definition) is 1.